The van der Waals surface area contributed by atoms with Crippen molar-refractivity contribution in [1.29, 1.82) is 0 Å². The molecule has 1 amide bonds. The van der Waals surface area contributed by atoms with Crippen LogP contribution >= 0.6 is 11.3 Å². The van der Waals surface area contributed by atoms with Crippen LogP contribution in [0, 0.1) is 13.8 Å². The van der Waals surface area contributed by atoms with Gasteiger partial charge in [0.1, 0.15) is 0 Å². The lowest BCUT2D eigenvalue weighted by Crippen LogP contribution is -2.29. The molecule has 1 unspecified atom stereocenters. The fourth-order valence-electron chi connectivity index (χ4n) is 2.43. The maximum absolute atomic E-state index is 12.3. The second-order valence-corrected chi connectivity index (χ2v) is 6.62. The molecule has 0 saturated carbocycles. The maximum atomic E-state index is 12.3. The number of carbonyl (C=O) groups excluding carboxylic acids is 1. The van der Waals surface area contributed by atoms with E-state index in [1.54, 1.807) is 11.3 Å². The summed E-state index contributed by atoms with van der Waals surface area (Å²) in [4.78, 5) is 14.4. The van der Waals surface area contributed by atoms with Gasteiger partial charge < -0.3 is 10.4 Å². The zero-order chi connectivity index (χ0) is 15.2. The number of benzene rings is 1. The minimum Gasteiger partial charge on any atom is -0.396 e. The van der Waals surface area contributed by atoms with Crippen LogP contribution in [0.3, 0.4) is 0 Å². The molecule has 0 aliphatic carbocycles. The number of carbonyl (C=O) groups is 1. The highest BCUT2D eigenvalue weighted by atomic mass is 32.1. The van der Waals surface area contributed by atoms with Crippen LogP contribution in [0.25, 0.3) is 0 Å². The Morgan fingerprint density at radius 3 is 2.57 bits per heavy atom. The Balaban J connectivity index is 2.02. The molecule has 3 nitrogen and oxygen atoms in total. The first-order chi connectivity index (χ1) is 10.1. The van der Waals surface area contributed by atoms with Gasteiger partial charge in [-0.25, -0.2) is 0 Å². The average molecular weight is 303 g/mol. The van der Waals surface area contributed by atoms with Gasteiger partial charge in [0, 0.05) is 28.8 Å². The van der Waals surface area contributed by atoms with Crippen molar-refractivity contribution in [3.63, 3.8) is 0 Å². The lowest BCUT2D eigenvalue weighted by molar-refractivity contribution is 0.0949. The summed E-state index contributed by atoms with van der Waals surface area (Å²) in [6, 6.07) is 11.9. The first-order valence-corrected chi connectivity index (χ1v) is 7.94. The van der Waals surface area contributed by atoms with Crippen LogP contribution in [-0.2, 0) is 0 Å². The van der Waals surface area contributed by atoms with Gasteiger partial charge in [0.15, 0.2) is 0 Å². The molecule has 1 aromatic heterocycles. The lowest BCUT2D eigenvalue weighted by Gasteiger charge is -2.17. The van der Waals surface area contributed by atoms with Gasteiger partial charge in [0.2, 0.25) is 0 Å². The molecule has 2 N–H and O–H groups in total. The minimum atomic E-state index is -0.0317. The van der Waals surface area contributed by atoms with E-state index < -0.39 is 0 Å². The Morgan fingerprint density at radius 1 is 1.29 bits per heavy atom. The quantitative estimate of drug-likeness (QED) is 0.860. The second kappa shape index (κ2) is 7.38. The van der Waals surface area contributed by atoms with Gasteiger partial charge in [-0.15, -0.1) is 11.3 Å². The van der Waals surface area contributed by atoms with Crippen LogP contribution in [-0.4, -0.2) is 24.2 Å². The molecule has 2 aromatic rings. The van der Waals surface area contributed by atoms with Gasteiger partial charge >= 0.3 is 0 Å². The molecule has 0 aliphatic heterocycles. The number of hydrogen-bond acceptors (Lipinski definition) is 3. The standard InChI is InChI=1S/C17H21NO2S/c1-12-10-16(13(2)21-12)17(20)18-11-15(8-9-19)14-6-4-3-5-7-14/h3-7,10,15,19H,8-9,11H2,1-2H3,(H,18,20). The number of aryl methyl sites for hydroxylation is 2. The van der Waals surface area contributed by atoms with Gasteiger partial charge in [-0.1, -0.05) is 30.3 Å². The Hall–Kier alpha value is -1.65. The van der Waals surface area contributed by atoms with Crippen molar-refractivity contribution in [2.24, 2.45) is 0 Å². The maximum Gasteiger partial charge on any atom is 0.252 e. The fraction of sp³-hybridized carbons (Fsp3) is 0.353. The number of amides is 1. The molecule has 0 radical (unpaired) electrons. The van der Waals surface area contributed by atoms with Crippen molar-refractivity contribution in [3.8, 4) is 0 Å². The third kappa shape index (κ3) is 4.16. The van der Waals surface area contributed by atoms with Crippen LogP contribution < -0.4 is 5.32 Å². The fourth-order valence-corrected chi connectivity index (χ4v) is 3.36. The number of hydrogen-bond donors (Lipinski definition) is 2. The number of aliphatic hydroxyl groups is 1. The molecule has 1 atom stereocenters. The molecule has 2 rings (SSSR count). The van der Waals surface area contributed by atoms with E-state index in [1.807, 2.05) is 50.2 Å². The van der Waals surface area contributed by atoms with E-state index in [4.69, 9.17) is 0 Å². The van der Waals surface area contributed by atoms with E-state index in [2.05, 4.69) is 5.32 Å². The highest BCUT2D eigenvalue weighted by Crippen LogP contribution is 2.21. The predicted molar refractivity (Wildman–Crippen MR) is 87.0 cm³/mol. The van der Waals surface area contributed by atoms with E-state index in [1.165, 1.54) is 0 Å². The van der Waals surface area contributed by atoms with Crippen LogP contribution in [0.15, 0.2) is 36.4 Å². The van der Waals surface area contributed by atoms with Crippen LogP contribution in [0.2, 0.25) is 0 Å². The molecule has 0 bridgehead atoms. The Bertz CT molecular complexity index is 592. The normalized spacial score (nSPS) is 12.1. The summed E-state index contributed by atoms with van der Waals surface area (Å²) in [6.07, 6.45) is 0.645. The Labute approximate surface area is 129 Å². The van der Waals surface area contributed by atoms with Crippen LogP contribution in [0.1, 0.15) is 38.0 Å². The van der Waals surface area contributed by atoms with Gasteiger partial charge in [0.05, 0.1) is 5.56 Å². The van der Waals surface area contributed by atoms with Crippen molar-refractivity contribution < 1.29 is 9.90 Å². The van der Waals surface area contributed by atoms with Gasteiger partial charge in [-0.3, -0.25) is 4.79 Å². The summed E-state index contributed by atoms with van der Waals surface area (Å²) in [5, 5.41) is 12.2. The molecule has 1 aromatic carbocycles. The molecule has 0 aliphatic rings. The van der Waals surface area contributed by atoms with Gasteiger partial charge in [-0.05, 0) is 31.9 Å². The highest BCUT2D eigenvalue weighted by Gasteiger charge is 2.15. The zero-order valence-corrected chi connectivity index (χ0v) is 13.2. The smallest absolute Gasteiger partial charge is 0.252 e. The molecule has 0 fully saturated rings. The van der Waals surface area contributed by atoms with E-state index in [9.17, 15) is 9.90 Å². The first kappa shape index (κ1) is 15.7. The first-order valence-electron chi connectivity index (χ1n) is 7.13. The monoisotopic (exact) mass is 303 g/mol. The number of nitrogens with one attached hydrogen (secondary N) is 1. The third-order valence-corrected chi connectivity index (χ3v) is 4.51. The average Bonchev–Trinajstić information content (AvgIpc) is 2.83. The summed E-state index contributed by atoms with van der Waals surface area (Å²) in [5.74, 6) is 0.107. The Morgan fingerprint density at radius 2 is 2.00 bits per heavy atom. The Kier molecular flexibility index (Phi) is 5.53. The SMILES string of the molecule is Cc1cc(C(=O)NCC(CCO)c2ccccc2)c(C)s1. The minimum absolute atomic E-state index is 0.0317. The molecule has 1 heterocycles. The van der Waals surface area contributed by atoms with Crippen molar-refractivity contribution in [3.05, 3.63) is 57.3 Å². The summed E-state index contributed by atoms with van der Waals surface area (Å²) in [6.45, 7) is 4.63. The molecule has 21 heavy (non-hydrogen) atoms. The largest absolute Gasteiger partial charge is 0.396 e. The molecule has 0 spiro atoms. The summed E-state index contributed by atoms with van der Waals surface area (Å²) in [5.41, 5.74) is 1.90. The van der Waals surface area contributed by atoms with Crippen molar-refractivity contribution >= 4 is 17.2 Å². The number of rotatable bonds is 6. The molecule has 4 heteroatoms. The van der Waals surface area contributed by atoms with E-state index in [0.29, 0.717) is 13.0 Å². The van der Waals surface area contributed by atoms with Gasteiger partial charge in [-0.2, -0.15) is 0 Å². The highest BCUT2D eigenvalue weighted by molar-refractivity contribution is 7.12. The molecular formula is C17H21NO2S. The van der Waals surface area contributed by atoms with Crippen LogP contribution in [0.5, 0.6) is 0 Å². The molecule has 112 valence electrons. The van der Waals surface area contributed by atoms with Gasteiger partial charge in [0.25, 0.3) is 5.91 Å². The van der Waals surface area contributed by atoms with Crippen molar-refractivity contribution in [2.75, 3.05) is 13.2 Å². The third-order valence-electron chi connectivity index (χ3n) is 3.54. The van der Waals surface area contributed by atoms with Crippen molar-refractivity contribution in [1.82, 2.24) is 5.32 Å². The summed E-state index contributed by atoms with van der Waals surface area (Å²) in [7, 11) is 0. The van der Waals surface area contributed by atoms with Crippen LogP contribution in [0.4, 0.5) is 0 Å². The summed E-state index contributed by atoms with van der Waals surface area (Å²) < 4.78 is 0. The zero-order valence-electron chi connectivity index (χ0n) is 12.4. The number of thiophene rings is 1. The second-order valence-electron chi connectivity index (χ2n) is 5.16. The molecule has 0 saturated heterocycles. The topological polar surface area (TPSA) is 49.3 Å². The summed E-state index contributed by atoms with van der Waals surface area (Å²) >= 11 is 1.64. The van der Waals surface area contributed by atoms with E-state index in [0.717, 1.165) is 20.9 Å². The van der Waals surface area contributed by atoms with Crippen molar-refractivity contribution in [2.45, 2.75) is 26.2 Å². The lowest BCUT2D eigenvalue weighted by atomic mass is 9.96. The molecular weight excluding hydrogens is 282 g/mol. The van der Waals surface area contributed by atoms with E-state index in [-0.39, 0.29) is 18.4 Å². The predicted octanol–water partition coefficient (Wildman–Crippen LogP) is 3.26. The number of aliphatic hydroxyl groups excluding tert-OH is 1. The van der Waals surface area contributed by atoms with E-state index >= 15 is 0 Å².